The number of aromatic hydroxyl groups is 1. The zero-order chi connectivity index (χ0) is 14.1. The molecule has 0 spiro atoms. The summed E-state index contributed by atoms with van der Waals surface area (Å²) in [7, 11) is 1.47. The standard InChI is InChI=1S/C14H22N2O3/c1-19-13-7-6-11(10-12(13)17)14(18)16-9-5-3-2-4-8-15/h6-7,10,17H,2-5,8-9,15H2,1H3,(H,16,18). The van der Waals surface area contributed by atoms with Gasteiger partial charge in [0, 0.05) is 12.1 Å². The zero-order valence-electron chi connectivity index (χ0n) is 11.3. The number of nitrogens with two attached hydrogens (primary N) is 1. The Labute approximate surface area is 113 Å². The highest BCUT2D eigenvalue weighted by Gasteiger charge is 2.08. The molecule has 1 amide bonds. The number of hydrogen-bond donors (Lipinski definition) is 3. The molecule has 0 saturated carbocycles. The lowest BCUT2D eigenvalue weighted by molar-refractivity contribution is 0.0952. The van der Waals surface area contributed by atoms with Crippen molar-refractivity contribution in [1.82, 2.24) is 5.32 Å². The molecular formula is C14H22N2O3. The Bertz CT molecular complexity index is 408. The molecule has 0 aliphatic rings. The summed E-state index contributed by atoms with van der Waals surface area (Å²) in [6.45, 7) is 1.35. The van der Waals surface area contributed by atoms with E-state index >= 15 is 0 Å². The molecule has 1 aromatic carbocycles. The second-order valence-corrected chi connectivity index (χ2v) is 4.35. The van der Waals surface area contributed by atoms with E-state index in [0.717, 1.165) is 32.2 Å². The average Bonchev–Trinajstić information content (AvgIpc) is 2.42. The largest absolute Gasteiger partial charge is 0.504 e. The van der Waals surface area contributed by atoms with Crippen molar-refractivity contribution in [2.24, 2.45) is 5.73 Å². The Kier molecular flexibility index (Phi) is 6.74. The van der Waals surface area contributed by atoms with Gasteiger partial charge >= 0.3 is 0 Å². The topological polar surface area (TPSA) is 84.6 Å². The van der Waals surface area contributed by atoms with Crippen LogP contribution in [-0.2, 0) is 0 Å². The maximum atomic E-state index is 11.8. The van der Waals surface area contributed by atoms with E-state index in [-0.39, 0.29) is 11.7 Å². The number of ether oxygens (including phenoxy) is 1. The molecule has 5 nitrogen and oxygen atoms in total. The summed E-state index contributed by atoms with van der Waals surface area (Å²) < 4.78 is 4.92. The first kappa shape index (κ1) is 15.3. The molecule has 0 aromatic heterocycles. The van der Waals surface area contributed by atoms with Crippen molar-refractivity contribution < 1.29 is 14.6 Å². The Morgan fingerprint density at radius 2 is 2.05 bits per heavy atom. The summed E-state index contributed by atoms with van der Waals surface area (Å²) in [6, 6.07) is 4.61. The lowest BCUT2D eigenvalue weighted by Crippen LogP contribution is -2.24. The number of benzene rings is 1. The highest BCUT2D eigenvalue weighted by Crippen LogP contribution is 2.26. The molecule has 1 rings (SSSR count). The number of methoxy groups -OCH3 is 1. The summed E-state index contributed by atoms with van der Waals surface area (Å²) in [5.41, 5.74) is 5.83. The number of phenols is 1. The first-order valence-electron chi connectivity index (χ1n) is 6.54. The third-order valence-corrected chi connectivity index (χ3v) is 2.86. The van der Waals surface area contributed by atoms with Gasteiger partial charge in [-0.15, -0.1) is 0 Å². The first-order valence-corrected chi connectivity index (χ1v) is 6.54. The fourth-order valence-electron chi connectivity index (χ4n) is 1.76. The van der Waals surface area contributed by atoms with Crippen LogP contribution in [0.15, 0.2) is 18.2 Å². The predicted molar refractivity (Wildman–Crippen MR) is 74.5 cm³/mol. The second-order valence-electron chi connectivity index (χ2n) is 4.35. The summed E-state index contributed by atoms with van der Waals surface area (Å²) in [5, 5.41) is 12.4. The van der Waals surface area contributed by atoms with Crippen LogP contribution in [0.5, 0.6) is 11.5 Å². The maximum Gasteiger partial charge on any atom is 0.251 e. The van der Waals surface area contributed by atoms with Gasteiger partial charge in [-0.1, -0.05) is 12.8 Å². The molecule has 0 saturated heterocycles. The quantitative estimate of drug-likeness (QED) is 0.625. The van der Waals surface area contributed by atoms with Crippen molar-refractivity contribution in [3.63, 3.8) is 0 Å². The van der Waals surface area contributed by atoms with Gasteiger partial charge in [0.15, 0.2) is 11.5 Å². The smallest absolute Gasteiger partial charge is 0.251 e. The molecule has 1 aromatic rings. The molecule has 19 heavy (non-hydrogen) atoms. The van der Waals surface area contributed by atoms with E-state index < -0.39 is 0 Å². The summed E-state index contributed by atoms with van der Waals surface area (Å²) in [6.07, 6.45) is 4.12. The van der Waals surface area contributed by atoms with Crippen LogP contribution in [0.1, 0.15) is 36.0 Å². The molecule has 4 N–H and O–H groups in total. The lowest BCUT2D eigenvalue weighted by atomic mass is 10.1. The number of unbranched alkanes of at least 4 members (excludes halogenated alkanes) is 3. The molecule has 0 heterocycles. The molecular weight excluding hydrogens is 244 g/mol. The van der Waals surface area contributed by atoms with Gasteiger partial charge in [-0.25, -0.2) is 0 Å². The van der Waals surface area contributed by atoms with Gasteiger partial charge in [-0.3, -0.25) is 4.79 Å². The third kappa shape index (κ3) is 5.18. The summed E-state index contributed by atoms with van der Waals surface area (Å²) in [4.78, 5) is 11.8. The molecule has 5 heteroatoms. The van der Waals surface area contributed by atoms with E-state index in [1.165, 1.54) is 13.2 Å². The normalized spacial score (nSPS) is 10.2. The minimum atomic E-state index is -0.184. The van der Waals surface area contributed by atoms with Crippen LogP contribution in [0.4, 0.5) is 0 Å². The van der Waals surface area contributed by atoms with E-state index in [1.807, 2.05) is 0 Å². The van der Waals surface area contributed by atoms with Gasteiger partial charge in [-0.2, -0.15) is 0 Å². The Balaban J connectivity index is 2.35. The van der Waals surface area contributed by atoms with Crippen molar-refractivity contribution in [2.45, 2.75) is 25.7 Å². The number of hydrogen-bond acceptors (Lipinski definition) is 4. The zero-order valence-corrected chi connectivity index (χ0v) is 11.3. The van der Waals surface area contributed by atoms with Crippen molar-refractivity contribution in [3.8, 4) is 11.5 Å². The third-order valence-electron chi connectivity index (χ3n) is 2.86. The molecule has 0 atom stereocenters. The lowest BCUT2D eigenvalue weighted by Gasteiger charge is -2.07. The van der Waals surface area contributed by atoms with E-state index in [1.54, 1.807) is 12.1 Å². The van der Waals surface area contributed by atoms with E-state index in [0.29, 0.717) is 17.9 Å². The van der Waals surface area contributed by atoms with Crippen LogP contribution in [0.2, 0.25) is 0 Å². The van der Waals surface area contributed by atoms with Gasteiger partial charge in [0.25, 0.3) is 5.91 Å². The van der Waals surface area contributed by atoms with Crippen molar-refractivity contribution in [1.29, 1.82) is 0 Å². The SMILES string of the molecule is COc1ccc(C(=O)NCCCCCCN)cc1O. The molecule has 0 fully saturated rings. The molecule has 0 aliphatic heterocycles. The maximum absolute atomic E-state index is 11.8. The van der Waals surface area contributed by atoms with Gasteiger partial charge in [-0.05, 0) is 37.6 Å². The van der Waals surface area contributed by atoms with E-state index in [9.17, 15) is 9.90 Å². The minimum Gasteiger partial charge on any atom is -0.504 e. The van der Waals surface area contributed by atoms with Gasteiger partial charge in [0.1, 0.15) is 0 Å². The molecule has 106 valence electrons. The Morgan fingerprint density at radius 3 is 2.68 bits per heavy atom. The Morgan fingerprint density at radius 1 is 1.32 bits per heavy atom. The average molecular weight is 266 g/mol. The minimum absolute atomic E-state index is 0.0295. The summed E-state index contributed by atoms with van der Waals surface area (Å²) >= 11 is 0. The van der Waals surface area contributed by atoms with E-state index in [4.69, 9.17) is 10.5 Å². The summed E-state index contributed by atoms with van der Waals surface area (Å²) in [5.74, 6) is 0.146. The van der Waals surface area contributed by atoms with Crippen molar-refractivity contribution in [2.75, 3.05) is 20.2 Å². The number of phenolic OH excluding ortho intramolecular Hbond substituents is 1. The van der Waals surface area contributed by atoms with Crippen LogP contribution < -0.4 is 15.8 Å². The van der Waals surface area contributed by atoms with Crippen LogP contribution in [0, 0.1) is 0 Å². The number of rotatable bonds is 8. The van der Waals surface area contributed by atoms with Crippen LogP contribution in [0.3, 0.4) is 0 Å². The van der Waals surface area contributed by atoms with Gasteiger partial charge < -0.3 is 20.9 Å². The van der Waals surface area contributed by atoms with Crippen molar-refractivity contribution in [3.05, 3.63) is 23.8 Å². The number of amides is 1. The molecule has 0 aliphatic carbocycles. The molecule has 0 bridgehead atoms. The first-order chi connectivity index (χ1) is 9.19. The molecule has 0 radical (unpaired) electrons. The van der Waals surface area contributed by atoms with Crippen LogP contribution >= 0.6 is 0 Å². The predicted octanol–water partition coefficient (Wildman–Crippen LogP) is 1.65. The monoisotopic (exact) mass is 266 g/mol. The van der Waals surface area contributed by atoms with Gasteiger partial charge in [0.05, 0.1) is 7.11 Å². The fraction of sp³-hybridized carbons (Fsp3) is 0.500. The second kappa shape index (κ2) is 8.37. The highest BCUT2D eigenvalue weighted by atomic mass is 16.5. The Hall–Kier alpha value is -1.75. The van der Waals surface area contributed by atoms with Crippen LogP contribution in [-0.4, -0.2) is 31.2 Å². The molecule has 0 unspecified atom stereocenters. The fourth-order valence-corrected chi connectivity index (χ4v) is 1.76. The van der Waals surface area contributed by atoms with Crippen LogP contribution in [0.25, 0.3) is 0 Å². The van der Waals surface area contributed by atoms with E-state index in [2.05, 4.69) is 5.32 Å². The number of carbonyl (C=O) groups is 1. The van der Waals surface area contributed by atoms with Crippen molar-refractivity contribution >= 4 is 5.91 Å². The van der Waals surface area contributed by atoms with Gasteiger partial charge in [0.2, 0.25) is 0 Å². The number of nitrogens with one attached hydrogen (secondary N) is 1. The highest BCUT2D eigenvalue weighted by molar-refractivity contribution is 5.94. The number of carbonyl (C=O) groups excluding carboxylic acids is 1.